The Bertz CT molecular complexity index is 1000. The standard InChI is InChI=1S/C49H97N2O6P/c1-6-8-10-12-14-16-18-20-22-23-24-25-26-27-29-30-32-34-36-38-40-42-48(52)47(46-57-58(54,55)56-45-44-51(3,4)5)50-49(53)43-41-39-37-35-33-31-28-21-19-17-15-13-11-9-7-2/h15,17,21,28,47-48,52H,6-14,16,18-20,22-27,29-46H2,1-5H3,(H-,50,53,54,55)/b17-15-,28-21-. The van der Waals surface area contributed by atoms with Gasteiger partial charge in [-0.25, -0.2) is 0 Å². The minimum Gasteiger partial charge on any atom is -0.756 e. The minimum atomic E-state index is -4.57. The van der Waals surface area contributed by atoms with E-state index < -0.39 is 20.0 Å². The van der Waals surface area contributed by atoms with Crippen LogP contribution >= 0.6 is 7.82 Å². The summed E-state index contributed by atoms with van der Waals surface area (Å²) in [5, 5.41) is 13.9. The van der Waals surface area contributed by atoms with Gasteiger partial charge < -0.3 is 28.8 Å². The number of carbonyl (C=O) groups is 1. The van der Waals surface area contributed by atoms with Crippen LogP contribution in [0, 0.1) is 0 Å². The van der Waals surface area contributed by atoms with Gasteiger partial charge in [0, 0.05) is 6.42 Å². The van der Waals surface area contributed by atoms with Crippen LogP contribution in [-0.2, 0) is 18.4 Å². The van der Waals surface area contributed by atoms with Crippen molar-refractivity contribution in [1.82, 2.24) is 5.32 Å². The summed E-state index contributed by atoms with van der Waals surface area (Å²) < 4.78 is 23.3. The van der Waals surface area contributed by atoms with Crippen LogP contribution in [0.1, 0.15) is 232 Å². The Balaban J connectivity index is 4.27. The first-order chi connectivity index (χ1) is 28.0. The molecule has 1 amide bonds. The van der Waals surface area contributed by atoms with Crippen molar-refractivity contribution in [3.63, 3.8) is 0 Å². The molecule has 0 bridgehead atoms. The van der Waals surface area contributed by atoms with E-state index in [4.69, 9.17) is 9.05 Å². The molecule has 0 aliphatic heterocycles. The lowest BCUT2D eigenvalue weighted by Gasteiger charge is -2.30. The van der Waals surface area contributed by atoms with Gasteiger partial charge in [-0.3, -0.25) is 9.36 Å². The van der Waals surface area contributed by atoms with E-state index in [0.29, 0.717) is 23.9 Å². The molecule has 0 saturated carbocycles. The van der Waals surface area contributed by atoms with Crippen molar-refractivity contribution in [2.75, 3.05) is 40.9 Å². The normalized spacial score (nSPS) is 14.4. The third-order valence-corrected chi connectivity index (χ3v) is 12.2. The minimum absolute atomic E-state index is 0.0100. The number of allylic oxidation sites excluding steroid dienone is 4. The predicted octanol–water partition coefficient (Wildman–Crippen LogP) is 13.5. The van der Waals surface area contributed by atoms with Crippen molar-refractivity contribution in [2.45, 2.75) is 244 Å². The first kappa shape index (κ1) is 57.0. The molecule has 0 saturated heterocycles. The summed E-state index contributed by atoms with van der Waals surface area (Å²) in [5.41, 5.74) is 0. The second-order valence-electron chi connectivity index (χ2n) is 18.2. The summed E-state index contributed by atoms with van der Waals surface area (Å²) in [6, 6.07) is -0.806. The molecule has 58 heavy (non-hydrogen) atoms. The highest BCUT2D eigenvalue weighted by Gasteiger charge is 2.24. The number of quaternary nitrogens is 1. The van der Waals surface area contributed by atoms with Crippen LogP contribution in [0.15, 0.2) is 24.3 Å². The van der Waals surface area contributed by atoms with E-state index in [-0.39, 0.29) is 19.1 Å². The molecule has 0 radical (unpaired) electrons. The van der Waals surface area contributed by atoms with Gasteiger partial charge >= 0.3 is 0 Å². The number of amides is 1. The summed E-state index contributed by atoms with van der Waals surface area (Å²) in [4.78, 5) is 25.4. The Labute approximate surface area is 360 Å². The molecule has 0 aliphatic carbocycles. The largest absolute Gasteiger partial charge is 0.756 e. The molecule has 8 nitrogen and oxygen atoms in total. The maximum Gasteiger partial charge on any atom is 0.268 e. The molecule has 0 aromatic rings. The maximum atomic E-state index is 12.9. The number of nitrogens with one attached hydrogen (secondary N) is 1. The number of nitrogens with zero attached hydrogens (tertiary/aromatic N) is 1. The number of aliphatic hydroxyl groups is 1. The summed E-state index contributed by atoms with van der Waals surface area (Å²) >= 11 is 0. The predicted molar refractivity (Wildman–Crippen MR) is 247 cm³/mol. The van der Waals surface area contributed by atoms with E-state index in [9.17, 15) is 19.4 Å². The molecule has 3 atom stereocenters. The topological polar surface area (TPSA) is 108 Å². The number of phosphoric ester groups is 1. The van der Waals surface area contributed by atoms with Crippen LogP contribution < -0.4 is 10.2 Å². The third-order valence-electron chi connectivity index (χ3n) is 11.2. The fraction of sp³-hybridized carbons (Fsp3) is 0.898. The Morgan fingerprint density at radius 1 is 0.603 bits per heavy atom. The first-order valence-electron chi connectivity index (χ1n) is 24.7. The van der Waals surface area contributed by atoms with E-state index in [2.05, 4.69) is 43.5 Å². The molecule has 0 heterocycles. The fourth-order valence-electron chi connectivity index (χ4n) is 7.25. The number of carbonyl (C=O) groups excluding carboxylic acids is 1. The number of phosphoric acid groups is 1. The lowest BCUT2D eigenvalue weighted by Crippen LogP contribution is -2.46. The van der Waals surface area contributed by atoms with E-state index in [1.165, 1.54) is 141 Å². The molecule has 0 aliphatic rings. The Hall–Kier alpha value is -1.02. The van der Waals surface area contributed by atoms with Gasteiger partial charge in [0.15, 0.2) is 0 Å². The van der Waals surface area contributed by atoms with E-state index in [1.54, 1.807) is 0 Å². The molecule has 2 N–H and O–H groups in total. The van der Waals surface area contributed by atoms with Crippen LogP contribution in [0.5, 0.6) is 0 Å². The van der Waals surface area contributed by atoms with Crippen LogP contribution in [0.25, 0.3) is 0 Å². The second-order valence-corrected chi connectivity index (χ2v) is 19.6. The highest BCUT2D eigenvalue weighted by Crippen LogP contribution is 2.38. The molecule has 0 aromatic carbocycles. The molecular weight excluding hydrogens is 744 g/mol. The average Bonchev–Trinajstić information content (AvgIpc) is 3.17. The van der Waals surface area contributed by atoms with Crippen molar-refractivity contribution >= 4 is 13.7 Å². The van der Waals surface area contributed by atoms with Crippen molar-refractivity contribution in [2.24, 2.45) is 0 Å². The molecule has 0 aromatic heterocycles. The number of aliphatic hydroxyl groups excluding tert-OH is 1. The van der Waals surface area contributed by atoms with Gasteiger partial charge in [0.25, 0.3) is 7.82 Å². The second kappa shape index (κ2) is 41.3. The fourth-order valence-corrected chi connectivity index (χ4v) is 7.97. The van der Waals surface area contributed by atoms with Gasteiger partial charge in [0.05, 0.1) is 39.9 Å². The van der Waals surface area contributed by atoms with E-state index in [1.807, 2.05) is 21.1 Å². The van der Waals surface area contributed by atoms with Gasteiger partial charge in [-0.1, -0.05) is 205 Å². The third kappa shape index (κ3) is 43.1. The zero-order valence-corrected chi connectivity index (χ0v) is 39.9. The van der Waals surface area contributed by atoms with E-state index >= 15 is 0 Å². The number of likely N-dealkylation sites (N-methyl/N-ethyl adjacent to an activating group) is 1. The van der Waals surface area contributed by atoms with Gasteiger partial charge in [0.2, 0.25) is 5.91 Å². The van der Waals surface area contributed by atoms with Crippen molar-refractivity contribution < 1.29 is 32.9 Å². The van der Waals surface area contributed by atoms with Gasteiger partial charge in [-0.2, -0.15) is 0 Å². The molecule has 0 rings (SSSR count). The van der Waals surface area contributed by atoms with Gasteiger partial charge in [0.1, 0.15) is 13.2 Å². The summed E-state index contributed by atoms with van der Waals surface area (Å²) in [6.07, 6.45) is 49.0. The quantitative estimate of drug-likeness (QED) is 0.0274. The van der Waals surface area contributed by atoms with Gasteiger partial charge in [-0.15, -0.1) is 0 Å². The van der Waals surface area contributed by atoms with Crippen molar-refractivity contribution in [3.05, 3.63) is 24.3 Å². The summed E-state index contributed by atoms with van der Waals surface area (Å²) in [5.74, 6) is -0.177. The Morgan fingerprint density at radius 2 is 1.00 bits per heavy atom. The van der Waals surface area contributed by atoms with Crippen molar-refractivity contribution in [1.29, 1.82) is 0 Å². The summed E-state index contributed by atoms with van der Waals surface area (Å²) in [6.45, 7) is 4.70. The number of hydrogen-bond donors (Lipinski definition) is 2. The lowest BCUT2D eigenvalue weighted by atomic mass is 10.0. The Kier molecular flexibility index (Phi) is 40.6. The highest BCUT2D eigenvalue weighted by molar-refractivity contribution is 7.45. The molecule has 0 fully saturated rings. The number of hydrogen-bond acceptors (Lipinski definition) is 6. The zero-order valence-electron chi connectivity index (χ0n) is 39.0. The van der Waals surface area contributed by atoms with Crippen LogP contribution in [0.4, 0.5) is 0 Å². The average molecular weight is 841 g/mol. The molecule has 3 unspecified atom stereocenters. The molecule has 9 heteroatoms. The van der Waals surface area contributed by atoms with E-state index in [0.717, 1.165) is 64.2 Å². The van der Waals surface area contributed by atoms with Crippen LogP contribution in [-0.4, -0.2) is 68.5 Å². The molecule has 344 valence electrons. The number of unbranched alkanes of at least 4 members (excludes halogenated alkanes) is 28. The van der Waals surface area contributed by atoms with Crippen LogP contribution in [0.2, 0.25) is 0 Å². The lowest BCUT2D eigenvalue weighted by molar-refractivity contribution is -0.870. The number of rotatable bonds is 45. The zero-order chi connectivity index (χ0) is 42.8. The SMILES string of the molecule is CCCCC/C=C\C/C=C\CCCCCCCC(=O)NC(COP(=O)([O-])OCC[N+](C)(C)C)C(O)CCCCCCCCCCCCCCCCCCCCCCC. The smallest absolute Gasteiger partial charge is 0.268 e. The highest BCUT2D eigenvalue weighted by atomic mass is 31.2. The molecule has 0 spiro atoms. The van der Waals surface area contributed by atoms with Crippen LogP contribution in [0.3, 0.4) is 0 Å². The Morgan fingerprint density at radius 3 is 1.47 bits per heavy atom. The van der Waals surface area contributed by atoms with Crippen molar-refractivity contribution in [3.8, 4) is 0 Å². The van der Waals surface area contributed by atoms with Gasteiger partial charge in [-0.05, 0) is 44.9 Å². The first-order valence-corrected chi connectivity index (χ1v) is 26.1. The summed E-state index contributed by atoms with van der Waals surface area (Å²) in [7, 11) is 1.30. The maximum absolute atomic E-state index is 12.9. The molecular formula is C49H97N2O6P. The monoisotopic (exact) mass is 841 g/mol.